The molecular weight excluding hydrogens is 272 g/mol. The second-order valence-electron chi connectivity index (χ2n) is 6.05. The molecule has 1 amide bonds. The number of hydrogen-bond donors (Lipinski definition) is 1. The predicted molar refractivity (Wildman–Crippen MR) is 76.8 cm³/mol. The minimum atomic E-state index is -0.762. The number of hydrogen-bond acceptors (Lipinski definition) is 4. The van der Waals surface area contributed by atoms with E-state index >= 15 is 0 Å². The summed E-state index contributed by atoms with van der Waals surface area (Å²) in [6.45, 7) is 4.74. The monoisotopic (exact) mass is 296 g/mol. The van der Waals surface area contributed by atoms with Crippen molar-refractivity contribution in [3.05, 3.63) is 0 Å². The van der Waals surface area contributed by atoms with Crippen LogP contribution in [0.15, 0.2) is 0 Å². The number of carbonyl (C=O) groups is 3. The summed E-state index contributed by atoms with van der Waals surface area (Å²) in [4.78, 5) is 38.7. The molecule has 2 aliphatic heterocycles. The van der Waals surface area contributed by atoms with Gasteiger partial charge in [-0.1, -0.05) is 6.92 Å². The Morgan fingerprint density at radius 3 is 2.48 bits per heavy atom. The molecule has 1 unspecified atom stereocenters. The normalized spacial score (nSPS) is 25.1. The first-order valence-corrected chi connectivity index (χ1v) is 7.77. The number of likely N-dealkylation sites (tertiary alicyclic amines) is 2. The van der Waals surface area contributed by atoms with Crippen LogP contribution in [0.4, 0.5) is 0 Å². The summed E-state index contributed by atoms with van der Waals surface area (Å²) in [5.41, 5.74) is 0. The second-order valence-corrected chi connectivity index (χ2v) is 6.05. The number of aliphatic carboxylic acids is 1. The van der Waals surface area contributed by atoms with Gasteiger partial charge in [0, 0.05) is 38.5 Å². The molecule has 0 aromatic heterocycles. The van der Waals surface area contributed by atoms with Gasteiger partial charge in [0.1, 0.15) is 5.78 Å². The third-order valence-electron chi connectivity index (χ3n) is 4.66. The topological polar surface area (TPSA) is 77.9 Å². The molecule has 0 aromatic rings. The molecule has 0 aromatic carbocycles. The Labute approximate surface area is 125 Å². The van der Waals surface area contributed by atoms with Crippen molar-refractivity contribution in [2.45, 2.75) is 32.6 Å². The summed E-state index contributed by atoms with van der Waals surface area (Å²) in [5, 5.41) is 8.96. The van der Waals surface area contributed by atoms with Crippen molar-refractivity contribution in [3.63, 3.8) is 0 Å². The summed E-state index contributed by atoms with van der Waals surface area (Å²) in [6, 6.07) is 0. The first-order valence-electron chi connectivity index (χ1n) is 7.77. The zero-order valence-corrected chi connectivity index (χ0v) is 12.6. The van der Waals surface area contributed by atoms with Gasteiger partial charge in [0.15, 0.2) is 0 Å². The van der Waals surface area contributed by atoms with E-state index in [1.165, 1.54) is 0 Å². The molecule has 0 spiro atoms. The molecule has 1 atom stereocenters. The van der Waals surface area contributed by atoms with Gasteiger partial charge in [0.05, 0.1) is 12.5 Å². The Bertz CT molecular complexity index is 416. The van der Waals surface area contributed by atoms with Gasteiger partial charge in [0.2, 0.25) is 5.91 Å². The van der Waals surface area contributed by atoms with Crippen LogP contribution in [0, 0.1) is 11.8 Å². The fourth-order valence-electron chi connectivity index (χ4n) is 3.14. The van der Waals surface area contributed by atoms with Crippen LogP contribution in [0.1, 0.15) is 32.6 Å². The molecule has 6 nitrogen and oxygen atoms in total. The van der Waals surface area contributed by atoms with Crippen molar-refractivity contribution >= 4 is 17.7 Å². The van der Waals surface area contributed by atoms with E-state index in [9.17, 15) is 14.4 Å². The molecule has 0 aliphatic carbocycles. The summed E-state index contributed by atoms with van der Waals surface area (Å²) in [7, 11) is 0. The Kier molecular flexibility index (Phi) is 5.33. The highest BCUT2D eigenvalue weighted by Crippen LogP contribution is 2.19. The molecule has 118 valence electrons. The molecule has 2 heterocycles. The smallest absolute Gasteiger partial charge is 0.306 e. The van der Waals surface area contributed by atoms with Gasteiger partial charge in [-0.2, -0.15) is 0 Å². The van der Waals surface area contributed by atoms with E-state index in [2.05, 4.69) is 4.90 Å². The molecule has 21 heavy (non-hydrogen) atoms. The molecule has 2 rings (SSSR count). The number of nitrogens with zero attached hydrogens (tertiary/aromatic N) is 2. The summed E-state index contributed by atoms with van der Waals surface area (Å²) in [6.07, 6.45) is 2.44. The predicted octanol–water partition coefficient (Wildman–Crippen LogP) is 0.611. The number of piperidine rings is 2. The maximum atomic E-state index is 12.3. The van der Waals surface area contributed by atoms with Gasteiger partial charge in [-0.05, 0) is 19.3 Å². The van der Waals surface area contributed by atoms with Crippen molar-refractivity contribution in [1.29, 1.82) is 0 Å². The molecule has 0 bridgehead atoms. The molecular formula is C15H24N2O4. The quantitative estimate of drug-likeness (QED) is 0.822. The van der Waals surface area contributed by atoms with Crippen LogP contribution >= 0.6 is 0 Å². The van der Waals surface area contributed by atoms with Crippen molar-refractivity contribution in [2.75, 3.05) is 32.7 Å². The van der Waals surface area contributed by atoms with E-state index in [0.717, 1.165) is 6.42 Å². The minimum Gasteiger partial charge on any atom is -0.481 e. The Hall–Kier alpha value is -1.43. The first-order chi connectivity index (χ1) is 10.0. The molecule has 0 radical (unpaired) electrons. The summed E-state index contributed by atoms with van der Waals surface area (Å²) < 4.78 is 0. The van der Waals surface area contributed by atoms with Crippen LogP contribution in [-0.4, -0.2) is 65.3 Å². The van der Waals surface area contributed by atoms with Gasteiger partial charge in [0.25, 0.3) is 0 Å². The molecule has 2 aliphatic rings. The average Bonchev–Trinajstić information content (AvgIpc) is 2.49. The fraction of sp³-hybridized carbons (Fsp3) is 0.800. The van der Waals surface area contributed by atoms with Crippen LogP contribution in [0.25, 0.3) is 0 Å². The lowest BCUT2D eigenvalue weighted by molar-refractivity contribution is -0.146. The molecule has 6 heteroatoms. The van der Waals surface area contributed by atoms with Crippen molar-refractivity contribution in [2.24, 2.45) is 11.8 Å². The van der Waals surface area contributed by atoms with E-state index in [4.69, 9.17) is 5.11 Å². The van der Waals surface area contributed by atoms with E-state index in [-0.39, 0.29) is 17.7 Å². The van der Waals surface area contributed by atoms with Crippen molar-refractivity contribution in [1.82, 2.24) is 9.80 Å². The SMILES string of the molecule is CCC1CN(CC(=O)N2CCC(C(=O)O)CC2)CCC1=O. The van der Waals surface area contributed by atoms with Crippen molar-refractivity contribution < 1.29 is 19.5 Å². The zero-order valence-electron chi connectivity index (χ0n) is 12.6. The lowest BCUT2D eigenvalue weighted by atomic mass is 9.94. The Balaban J connectivity index is 1.80. The van der Waals surface area contributed by atoms with Crippen LogP contribution < -0.4 is 0 Å². The number of carboxylic acid groups (broad SMARTS) is 1. The van der Waals surface area contributed by atoms with Gasteiger partial charge in [-0.3, -0.25) is 19.3 Å². The maximum absolute atomic E-state index is 12.3. The number of carboxylic acids is 1. The second kappa shape index (κ2) is 7.02. The minimum absolute atomic E-state index is 0.0584. The third kappa shape index (κ3) is 4.03. The highest BCUT2D eigenvalue weighted by molar-refractivity contribution is 5.83. The number of Topliss-reactive ketones (excluding diaryl/α,β-unsaturated/α-hetero) is 1. The number of amides is 1. The van der Waals surface area contributed by atoms with E-state index in [1.54, 1.807) is 4.90 Å². The van der Waals surface area contributed by atoms with Crippen LogP contribution in [0.2, 0.25) is 0 Å². The zero-order chi connectivity index (χ0) is 15.4. The van der Waals surface area contributed by atoms with Gasteiger partial charge in [-0.25, -0.2) is 0 Å². The lowest BCUT2D eigenvalue weighted by Crippen LogP contribution is -2.48. The first kappa shape index (κ1) is 15.9. The van der Waals surface area contributed by atoms with E-state index < -0.39 is 5.97 Å². The summed E-state index contributed by atoms with van der Waals surface area (Å²) >= 11 is 0. The van der Waals surface area contributed by atoms with Gasteiger partial charge in [-0.15, -0.1) is 0 Å². The highest BCUT2D eigenvalue weighted by atomic mass is 16.4. The van der Waals surface area contributed by atoms with Crippen LogP contribution in [-0.2, 0) is 14.4 Å². The molecule has 0 saturated carbocycles. The van der Waals surface area contributed by atoms with Crippen molar-refractivity contribution in [3.8, 4) is 0 Å². The van der Waals surface area contributed by atoms with Gasteiger partial charge < -0.3 is 10.0 Å². The third-order valence-corrected chi connectivity index (χ3v) is 4.66. The number of ketones is 1. The largest absolute Gasteiger partial charge is 0.481 e. The standard InChI is InChI=1S/C15H24N2O4/c1-2-11-9-16(6-5-13(11)18)10-14(19)17-7-3-12(4-8-17)15(20)21/h11-12H,2-10H2,1H3,(H,20,21). The average molecular weight is 296 g/mol. The van der Waals surface area contributed by atoms with Gasteiger partial charge >= 0.3 is 5.97 Å². The fourth-order valence-corrected chi connectivity index (χ4v) is 3.14. The maximum Gasteiger partial charge on any atom is 0.306 e. The lowest BCUT2D eigenvalue weighted by Gasteiger charge is -2.34. The van der Waals surface area contributed by atoms with E-state index in [0.29, 0.717) is 57.8 Å². The molecule has 1 N–H and O–H groups in total. The number of rotatable bonds is 4. The van der Waals surface area contributed by atoms with Crippen LogP contribution in [0.3, 0.4) is 0 Å². The number of carbonyl (C=O) groups excluding carboxylic acids is 2. The summed E-state index contributed by atoms with van der Waals surface area (Å²) in [5.74, 6) is -0.649. The van der Waals surface area contributed by atoms with E-state index in [1.807, 2.05) is 6.92 Å². The highest BCUT2D eigenvalue weighted by Gasteiger charge is 2.30. The Morgan fingerprint density at radius 2 is 1.90 bits per heavy atom. The molecule has 2 saturated heterocycles. The van der Waals surface area contributed by atoms with Crippen LogP contribution in [0.5, 0.6) is 0 Å². The Morgan fingerprint density at radius 1 is 1.24 bits per heavy atom. The molecule has 2 fully saturated rings.